The molecule has 4 nitrogen and oxygen atoms in total. The second-order valence-corrected chi connectivity index (χ2v) is 4.42. The maximum Gasteiger partial charge on any atom is 0.256 e. The van der Waals surface area contributed by atoms with Crippen molar-refractivity contribution in [3.8, 4) is 0 Å². The summed E-state index contributed by atoms with van der Waals surface area (Å²) >= 11 is 0. The van der Waals surface area contributed by atoms with E-state index in [1.54, 1.807) is 50.8 Å². The molecule has 1 N–H and O–H groups in total. The van der Waals surface area contributed by atoms with Crippen molar-refractivity contribution >= 4 is 11.6 Å². The first kappa shape index (κ1) is 14.0. The monoisotopic (exact) mass is 273 g/mol. The maximum atomic E-state index is 13.6. The molecule has 1 amide bonds. The van der Waals surface area contributed by atoms with E-state index in [2.05, 4.69) is 10.3 Å². The molecular formula is C15H16FN3O. The van der Waals surface area contributed by atoms with Crippen LogP contribution in [-0.2, 0) is 6.54 Å². The molecule has 0 aliphatic rings. The fourth-order valence-corrected chi connectivity index (χ4v) is 1.94. The number of nitrogens with one attached hydrogen (secondary N) is 1. The first-order valence-electron chi connectivity index (χ1n) is 6.24. The summed E-state index contributed by atoms with van der Waals surface area (Å²) in [6, 6.07) is 8.08. The molecular weight excluding hydrogens is 257 g/mol. The van der Waals surface area contributed by atoms with Crippen LogP contribution in [0.1, 0.15) is 15.9 Å². The lowest BCUT2D eigenvalue weighted by Crippen LogP contribution is -2.27. The Balaban J connectivity index is 2.19. The van der Waals surface area contributed by atoms with E-state index in [4.69, 9.17) is 0 Å². The normalized spacial score (nSPS) is 10.2. The molecule has 0 spiro atoms. The third-order valence-corrected chi connectivity index (χ3v) is 3.03. The molecule has 0 unspecified atom stereocenters. The number of benzene rings is 1. The number of hydrogen-bond acceptors (Lipinski definition) is 3. The standard InChI is InChI=1S/C15H16FN3O/c1-17-14-9-18-8-7-12(14)15(20)19(2)10-11-5-3-4-6-13(11)16/h3-9,17H,10H2,1-2H3. The van der Waals surface area contributed by atoms with E-state index >= 15 is 0 Å². The SMILES string of the molecule is CNc1cnccc1C(=O)N(C)Cc1ccccc1F. The highest BCUT2D eigenvalue weighted by Crippen LogP contribution is 2.16. The minimum Gasteiger partial charge on any atom is -0.386 e. The van der Waals surface area contributed by atoms with Gasteiger partial charge in [0.25, 0.3) is 5.91 Å². The second kappa shape index (κ2) is 6.14. The topological polar surface area (TPSA) is 45.2 Å². The zero-order valence-corrected chi connectivity index (χ0v) is 11.4. The maximum absolute atomic E-state index is 13.6. The summed E-state index contributed by atoms with van der Waals surface area (Å²) in [6.45, 7) is 0.219. The highest BCUT2D eigenvalue weighted by atomic mass is 19.1. The third kappa shape index (κ3) is 2.93. The first-order valence-corrected chi connectivity index (χ1v) is 6.24. The van der Waals surface area contributed by atoms with Gasteiger partial charge in [0.05, 0.1) is 17.4 Å². The van der Waals surface area contributed by atoms with Crippen LogP contribution in [0.4, 0.5) is 10.1 Å². The number of hydrogen-bond donors (Lipinski definition) is 1. The van der Waals surface area contributed by atoms with Gasteiger partial charge in [-0.05, 0) is 12.1 Å². The Labute approximate surface area is 117 Å². The minimum atomic E-state index is -0.310. The van der Waals surface area contributed by atoms with Crippen LogP contribution in [0.15, 0.2) is 42.7 Å². The van der Waals surface area contributed by atoms with Crippen molar-refractivity contribution in [1.82, 2.24) is 9.88 Å². The summed E-state index contributed by atoms with van der Waals surface area (Å²) in [4.78, 5) is 17.8. The number of nitrogens with zero attached hydrogens (tertiary/aromatic N) is 2. The number of halogens is 1. The Kier molecular flexibility index (Phi) is 4.30. The van der Waals surface area contributed by atoms with Crippen LogP contribution in [-0.4, -0.2) is 29.9 Å². The summed E-state index contributed by atoms with van der Waals surface area (Å²) in [7, 11) is 3.37. The van der Waals surface area contributed by atoms with Crippen LogP contribution in [0.3, 0.4) is 0 Å². The van der Waals surface area contributed by atoms with Gasteiger partial charge in [-0.1, -0.05) is 18.2 Å². The Morgan fingerprint density at radius 1 is 1.35 bits per heavy atom. The van der Waals surface area contributed by atoms with Gasteiger partial charge in [0, 0.05) is 32.4 Å². The number of amides is 1. The summed E-state index contributed by atoms with van der Waals surface area (Å²) in [5, 5.41) is 2.92. The van der Waals surface area contributed by atoms with Gasteiger partial charge in [-0.25, -0.2) is 4.39 Å². The predicted octanol–water partition coefficient (Wildman–Crippen LogP) is 2.53. The van der Waals surface area contributed by atoms with Crippen molar-refractivity contribution in [2.24, 2.45) is 0 Å². The molecule has 1 heterocycles. The van der Waals surface area contributed by atoms with Crippen molar-refractivity contribution in [1.29, 1.82) is 0 Å². The zero-order chi connectivity index (χ0) is 14.5. The molecule has 0 fully saturated rings. The van der Waals surface area contributed by atoms with Gasteiger partial charge in [-0.3, -0.25) is 9.78 Å². The Hall–Kier alpha value is -2.43. The number of anilines is 1. The lowest BCUT2D eigenvalue weighted by molar-refractivity contribution is 0.0784. The highest BCUT2D eigenvalue weighted by Gasteiger charge is 2.16. The van der Waals surface area contributed by atoms with Crippen molar-refractivity contribution in [3.05, 3.63) is 59.7 Å². The number of carbonyl (C=O) groups is 1. The van der Waals surface area contributed by atoms with Crippen LogP contribution in [0.25, 0.3) is 0 Å². The van der Waals surface area contributed by atoms with E-state index in [1.165, 1.54) is 11.0 Å². The quantitative estimate of drug-likeness (QED) is 0.931. The molecule has 1 aromatic carbocycles. The zero-order valence-electron chi connectivity index (χ0n) is 11.4. The average Bonchev–Trinajstić information content (AvgIpc) is 2.48. The van der Waals surface area contributed by atoms with Gasteiger partial charge in [-0.2, -0.15) is 0 Å². The average molecular weight is 273 g/mol. The fraction of sp³-hybridized carbons (Fsp3) is 0.200. The Bertz CT molecular complexity index is 616. The fourth-order valence-electron chi connectivity index (χ4n) is 1.94. The summed E-state index contributed by atoms with van der Waals surface area (Å²) < 4.78 is 13.6. The number of rotatable bonds is 4. The predicted molar refractivity (Wildman–Crippen MR) is 76.0 cm³/mol. The van der Waals surface area contributed by atoms with Gasteiger partial charge in [0.15, 0.2) is 0 Å². The number of pyridine rings is 1. The van der Waals surface area contributed by atoms with Gasteiger partial charge < -0.3 is 10.2 Å². The molecule has 5 heteroatoms. The molecule has 0 radical (unpaired) electrons. The van der Waals surface area contributed by atoms with E-state index in [0.29, 0.717) is 16.8 Å². The summed E-state index contributed by atoms with van der Waals surface area (Å²) in [5.41, 5.74) is 1.66. The Morgan fingerprint density at radius 3 is 2.80 bits per heavy atom. The van der Waals surface area contributed by atoms with Crippen molar-refractivity contribution < 1.29 is 9.18 Å². The van der Waals surface area contributed by atoms with Crippen LogP contribution in [0.2, 0.25) is 0 Å². The first-order chi connectivity index (χ1) is 9.63. The van der Waals surface area contributed by atoms with Gasteiger partial charge in [0.1, 0.15) is 5.82 Å². The number of carbonyl (C=O) groups excluding carboxylic acids is 1. The molecule has 0 atom stereocenters. The van der Waals surface area contributed by atoms with Crippen LogP contribution < -0.4 is 5.32 Å². The highest BCUT2D eigenvalue weighted by molar-refractivity contribution is 5.99. The van der Waals surface area contributed by atoms with Crippen molar-refractivity contribution in [2.75, 3.05) is 19.4 Å². The van der Waals surface area contributed by atoms with Crippen molar-refractivity contribution in [2.45, 2.75) is 6.54 Å². The molecule has 1 aromatic heterocycles. The van der Waals surface area contributed by atoms with Crippen LogP contribution >= 0.6 is 0 Å². The Morgan fingerprint density at radius 2 is 2.10 bits per heavy atom. The number of aromatic nitrogens is 1. The summed E-state index contributed by atoms with van der Waals surface area (Å²) in [5.74, 6) is -0.490. The van der Waals surface area contributed by atoms with Crippen LogP contribution in [0, 0.1) is 5.82 Å². The molecule has 2 aromatic rings. The molecule has 0 saturated heterocycles. The molecule has 20 heavy (non-hydrogen) atoms. The van der Waals surface area contributed by atoms with E-state index in [9.17, 15) is 9.18 Å². The van der Waals surface area contributed by atoms with Crippen LogP contribution in [0.5, 0.6) is 0 Å². The molecule has 2 rings (SSSR count). The van der Waals surface area contributed by atoms with Gasteiger partial charge >= 0.3 is 0 Å². The second-order valence-electron chi connectivity index (χ2n) is 4.42. The molecule has 0 saturated carbocycles. The summed E-state index contributed by atoms with van der Waals surface area (Å²) in [6.07, 6.45) is 3.15. The van der Waals surface area contributed by atoms with E-state index in [1.807, 2.05) is 0 Å². The minimum absolute atomic E-state index is 0.181. The smallest absolute Gasteiger partial charge is 0.256 e. The largest absolute Gasteiger partial charge is 0.386 e. The molecule has 0 bridgehead atoms. The molecule has 0 aliphatic heterocycles. The third-order valence-electron chi connectivity index (χ3n) is 3.03. The lowest BCUT2D eigenvalue weighted by atomic mass is 10.1. The molecule has 0 aliphatic carbocycles. The van der Waals surface area contributed by atoms with E-state index in [0.717, 1.165) is 0 Å². The van der Waals surface area contributed by atoms with Gasteiger partial charge in [-0.15, -0.1) is 0 Å². The lowest BCUT2D eigenvalue weighted by Gasteiger charge is -2.19. The van der Waals surface area contributed by atoms with E-state index < -0.39 is 0 Å². The molecule has 104 valence electrons. The van der Waals surface area contributed by atoms with E-state index in [-0.39, 0.29) is 18.3 Å². The van der Waals surface area contributed by atoms with Gasteiger partial charge in [0.2, 0.25) is 0 Å². The van der Waals surface area contributed by atoms with Crippen molar-refractivity contribution in [3.63, 3.8) is 0 Å².